The molecule has 1 fully saturated rings. The van der Waals surface area contributed by atoms with Crippen LogP contribution >= 0.6 is 0 Å². The number of ether oxygens (including phenoxy) is 2. The second kappa shape index (κ2) is 7.43. The monoisotopic (exact) mass is 292 g/mol. The molecule has 21 heavy (non-hydrogen) atoms. The van der Waals surface area contributed by atoms with Crippen molar-refractivity contribution >= 4 is 5.91 Å². The SMILES string of the molecule is Cc1cccc(OCC(=O)N(C)CC2CN(C)CCO2)c1. The minimum atomic E-state index is -0.0340. The minimum absolute atomic E-state index is 0.0340. The Morgan fingerprint density at radius 3 is 3.05 bits per heavy atom. The molecule has 0 radical (unpaired) electrons. The van der Waals surface area contributed by atoms with E-state index in [2.05, 4.69) is 11.9 Å². The average Bonchev–Trinajstić information content (AvgIpc) is 2.45. The van der Waals surface area contributed by atoms with Gasteiger partial charge in [-0.25, -0.2) is 0 Å². The summed E-state index contributed by atoms with van der Waals surface area (Å²) >= 11 is 0. The summed E-state index contributed by atoms with van der Waals surface area (Å²) in [5.74, 6) is 0.693. The van der Waals surface area contributed by atoms with Crippen molar-refractivity contribution in [3.05, 3.63) is 29.8 Å². The van der Waals surface area contributed by atoms with E-state index in [0.717, 1.165) is 31.0 Å². The molecule has 5 nitrogen and oxygen atoms in total. The molecular weight excluding hydrogens is 268 g/mol. The second-order valence-corrected chi connectivity index (χ2v) is 5.63. The molecule has 0 N–H and O–H groups in total. The van der Waals surface area contributed by atoms with Gasteiger partial charge in [-0.1, -0.05) is 12.1 Å². The first kappa shape index (κ1) is 15.8. The van der Waals surface area contributed by atoms with Crippen LogP contribution in [-0.2, 0) is 9.53 Å². The Labute approximate surface area is 126 Å². The van der Waals surface area contributed by atoms with Crippen molar-refractivity contribution in [2.24, 2.45) is 0 Å². The summed E-state index contributed by atoms with van der Waals surface area (Å²) in [7, 11) is 3.86. The molecule has 1 aromatic carbocycles. The van der Waals surface area contributed by atoms with Crippen LogP contribution in [0.1, 0.15) is 5.56 Å². The summed E-state index contributed by atoms with van der Waals surface area (Å²) < 4.78 is 11.2. The van der Waals surface area contributed by atoms with E-state index < -0.39 is 0 Å². The first-order valence-corrected chi connectivity index (χ1v) is 7.28. The maximum atomic E-state index is 12.1. The number of benzene rings is 1. The Bertz CT molecular complexity index is 478. The Morgan fingerprint density at radius 1 is 1.52 bits per heavy atom. The highest BCUT2D eigenvalue weighted by atomic mass is 16.5. The highest BCUT2D eigenvalue weighted by Gasteiger charge is 2.21. The van der Waals surface area contributed by atoms with Gasteiger partial charge in [0.15, 0.2) is 6.61 Å². The number of nitrogens with zero attached hydrogens (tertiary/aromatic N) is 2. The molecule has 0 aromatic heterocycles. The molecule has 1 aromatic rings. The number of hydrogen-bond acceptors (Lipinski definition) is 4. The lowest BCUT2D eigenvalue weighted by Crippen LogP contribution is -2.47. The predicted octanol–water partition coefficient (Wildman–Crippen LogP) is 1.16. The molecule has 1 aliphatic rings. The van der Waals surface area contributed by atoms with Crippen molar-refractivity contribution in [1.82, 2.24) is 9.80 Å². The predicted molar refractivity (Wildman–Crippen MR) is 81.5 cm³/mol. The van der Waals surface area contributed by atoms with Gasteiger partial charge in [0.1, 0.15) is 5.75 Å². The molecule has 2 rings (SSSR count). The summed E-state index contributed by atoms with van der Waals surface area (Å²) in [6, 6.07) is 7.70. The second-order valence-electron chi connectivity index (χ2n) is 5.63. The summed E-state index contributed by atoms with van der Waals surface area (Å²) in [6.45, 7) is 5.19. The molecule has 0 aliphatic carbocycles. The summed E-state index contributed by atoms with van der Waals surface area (Å²) in [6.07, 6.45) is 0.0802. The van der Waals surface area contributed by atoms with Crippen LogP contribution in [0.2, 0.25) is 0 Å². The number of likely N-dealkylation sites (N-methyl/N-ethyl adjacent to an activating group) is 2. The van der Waals surface area contributed by atoms with E-state index in [9.17, 15) is 4.79 Å². The maximum Gasteiger partial charge on any atom is 0.260 e. The zero-order chi connectivity index (χ0) is 15.2. The Kier molecular flexibility index (Phi) is 5.59. The number of hydrogen-bond donors (Lipinski definition) is 0. The highest BCUT2D eigenvalue weighted by molar-refractivity contribution is 5.77. The van der Waals surface area contributed by atoms with E-state index in [0.29, 0.717) is 6.54 Å². The fourth-order valence-corrected chi connectivity index (χ4v) is 2.34. The molecule has 1 aliphatic heterocycles. The number of carbonyl (C=O) groups is 1. The van der Waals surface area contributed by atoms with Gasteiger partial charge in [0.2, 0.25) is 0 Å². The van der Waals surface area contributed by atoms with Crippen LogP contribution in [0, 0.1) is 6.92 Å². The van der Waals surface area contributed by atoms with Gasteiger partial charge in [-0.15, -0.1) is 0 Å². The van der Waals surface area contributed by atoms with Crippen molar-refractivity contribution < 1.29 is 14.3 Å². The van der Waals surface area contributed by atoms with Crippen LogP contribution in [0.25, 0.3) is 0 Å². The van der Waals surface area contributed by atoms with Crippen LogP contribution < -0.4 is 4.74 Å². The van der Waals surface area contributed by atoms with Crippen LogP contribution in [0.4, 0.5) is 0 Å². The number of amides is 1. The third-order valence-corrected chi connectivity index (χ3v) is 3.60. The molecular formula is C16H24N2O3. The van der Waals surface area contributed by atoms with E-state index in [4.69, 9.17) is 9.47 Å². The largest absolute Gasteiger partial charge is 0.484 e. The van der Waals surface area contributed by atoms with E-state index in [1.54, 1.807) is 11.9 Å². The van der Waals surface area contributed by atoms with Gasteiger partial charge >= 0.3 is 0 Å². The normalized spacial score (nSPS) is 19.3. The number of carbonyl (C=O) groups excluding carboxylic acids is 1. The molecule has 1 heterocycles. The number of rotatable bonds is 5. The van der Waals surface area contributed by atoms with E-state index >= 15 is 0 Å². The minimum Gasteiger partial charge on any atom is -0.484 e. The van der Waals surface area contributed by atoms with Gasteiger partial charge < -0.3 is 19.3 Å². The third-order valence-electron chi connectivity index (χ3n) is 3.60. The van der Waals surface area contributed by atoms with Gasteiger partial charge in [-0.3, -0.25) is 4.79 Å². The molecule has 0 spiro atoms. The maximum absolute atomic E-state index is 12.1. The lowest BCUT2D eigenvalue weighted by Gasteiger charge is -2.32. The summed E-state index contributed by atoms with van der Waals surface area (Å²) in [4.78, 5) is 16.0. The fraction of sp³-hybridized carbons (Fsp3) is 0.562. The van der Waals surface area contributed by atoms with Gasteiger partial charge in [-0.05, 0) is 31.7 Å². The van der Waals surface area contributed by atoms with Crippen molar-refractivity contribution in [3.8, 4) is 5.75 Å². The van der Waals surface area contributed by atoms with E-state index in [1.807, 2.05) is 31.2 Å². The molecule has 1 atom stereocenters. The standard InChI is InChI=1S/C16H24N2O3/c1-13-5-4-6-14(9-13)21-12-16(19)18(3)11-15-10-17(2)7-8-20-15/h4-6,9,15H,7-8,10-12H2,1-3H3. The molecule has 1 saturated heterocycles. The summed E-state index contributed by atoms with van der Waals surface area (Å²) in [5.41, 5.74) is 1.12. The Balaban J connectivity index is 1.77. The average molecular weight is 292 g/mol. The van der Waals surface area contributed by atoms with E-state index in [-0.39, 0.29) is 18.6 Å². The van der Waals surface area contributed by atoms with Crippen LogP contribution in [-0.4, -0.2) is 68.8 Å². The fourth-order valence-electron chi connectivity index (χ4n) is 2.34. The lowest BCUT2D eigenvalue weighted by atomic mass is 10.2. The molecule has 116 valence electrons. The number of morpholine rings is 1. The molecule has 0 saturated carbocycles. The van der Waals surface area contributed by atoms with Crippen molar-refractivity contribution in [3.63, 3.8) is 0 Å². The van der Waals surface area contributed by atoms with Crippen molar-refractivity contribution in [2.75, 3.05) is 46.9 Å². The zero-order valence-electron chi connectivity index (χ0n) is 13.0. The Hall–Kier alpha value is -1.59. The number of aryl methyl sites for hydroxylation is 1. The summed E-state index contributed by atoms with van der Waals surface area (Å²) in [5, 5.41) is 0. The van der Waals surface area contributed by atoms with Crippen LogP contribution in [0.5, 0.6) is 5.75 Å². The van der Waals surface area contributed by atoms with Crippen LogP contribution in [0.15, 0.2) is 24.3 Å². The molecule has 5 heteroatoms. The Morgan fingerprint density at radius 2 is 2.33 bits per heavy atom. The first-order chi connectivity index (χ1) is 10.0. The molecule has 1 amide bonds. The highest BCUT2D eigenvalue weighted by Crippen LogP contribution is 2.12. The first-order valence-electron chi connectivity index (χ1n) is 7.28. The van der Waals surface area contributed by atoms with Crippen molar-refractivity contribution in [2.45, 2.75) is 13.0 Å². The van der Waals surface area contributed by atoms with Gasteiger partial charge in [0.05, 0.1) is 12.7 Å². The van der Waals surface area contributed by atoms with Gasteiger partial charge in [-0.2, -0.15) is 0 Å². The third kappa shape index (κ3) is 5.02. The molecule has 0 bridgehead atoms. The van der Waals surface area contributed by atoms with Crippen molar-refractivity contribution in [1.29, 1.82) is 0 Å². The van der Waals surface area contributed by atoms with E-state index in [1.165, 1.54) is 0 Å². The topological polar surface area (TPSA) is 42.0 Å². The zero-order valence-corrected chi connectivity index (χ0v) is 13.0. The van der Waals surface area contributed by atoms with Gasteiger partial charge in [0, 0.05) is 26.7 Å². The smallest absolute Gasteiger partial charge is 0.260 e. The lowest BCUT2D eigenvalue weighted by molar-refractivity contribution is -0.135. The quantitative estimate of drug-likeness (QED) is 0.817. The van der Waals surface area contributed by atoms with Crippen LogP contribution in [0.3, 0.4) is 0 Å². The molecule has 1 unspecified atom stereocenters. The van der Waals surface area contributed by atoms with Gasteiger partial charge in [0.25, 0.3) is 5.91 Å².